The Morgan fingerprint density at radius 1 is 1.64 bits per heavy atom. The predicted octanol–water partition coefficient (Wildman–Crippen LogP) is -0.188. The van der Waals surface area contributed by atoms with Crippen LogP contribution in [-0.4, -0.2) is 31.0 Å². The van der Waals surface area contributed by atoms with Crippen LogP contribution in [0.4, 0.5) is 5.69 Å². The summed E-state index contributed by atoms with van der Waals surface area (Å²) in [5.41, 5.74) is 6.59. The maximum Gasteiger partial charge on any atom is 0.269 e. The number of carbonyl (C=O) groups excluding carboxylic acids is 1. The summed E-state index contributed by atoms with van der Waals surface area (Å²) in [6, 6.07) is 3.48. The predicted molar refractivity (Wildman–Crippen MR) is 55.2 cm³/mol. The molecule has 1 heterocycles. The van der Waals surface area contributed by atoms with Gasteiger partial charge in [0, 0.05) is 32.0 Å². The van der Waals surface area contributed by atoms with Crippen LogP contribution in [0.25, 0.3) is 0 Å². The molecule has 0 aliphatic rings. The average Bonchev–Trinajstić information content (AvgIpc) is 2.25. The summed E-state index contributed by atoms with van der Waals surface area (Å²) in [5, 5.41) is 5.58. The van der Waals surface area contributed by atoms with Crippen LogP contribution in [0.5, 0.6) is 0 Å². The zero-order valence-electron chi connectivity index (χ0n) is 8.08. The summed E-state index contributed by atoms with van der Waals surface area (Å²) in [5.74, 6) is -0.193. The molecule has 0 unspecified atom stereocenters. The molecule has 0 saturated carbocycles. The van der Waals surface area contributed by atoms with Crippen molar-refractivity contribution in [3.8, 4) is 0 Å². The molecule has 0 aromatic carbocycles. The Morgan fingerprint density at radius 3 is 3.07 bits per heavy atom. The fraction of sp³-hybridized carbons (Fsp3) is 0.333. The average molecular weight is 194 g/mol. The summed E-state index contributed by atoms with van der Waals surface area (Å²) in [4.78, 5) is 15.1. The van der Waals surface area contributed by atoms with Gasteiger partial charge in [0.2, 0.25) is 0 Å². The third-order valence-electron chi connectivity index (χ3n) is 1.69. The minimum Gasteiger partial charge on any atom is -0.384 e. The standard InChI is InChI=1S/C9H14N4O/c1-11-9(14)8-6-7(2-4-13-8)12-5-3-10/h2,4,6H,3,5,10H2,1H3,(H,11,14)(H,12,13). The number of nitrogens with zero attached hydrogens (tertiary/aromatic N) is 1. The van der Waals surface area contributed by atoms with Crippen molar-refractivity contribution >= 4 is 11.6 Å². The van der Waals surface area contributed by atoms with E-state index in [-0.39, 0.29) is 5.91 Å². The second-order valence-electron chi connectivity index (χ2n) is 2.72. The highest BCUT2D eigenvalue weighted by Crippen LogP contribution is 2.06. The van der Waals surface area contributed by atoms with Gasteiger partial charge in [0.1, 0.15) is 5.69 Å². The van der Waals surface area contributed by atoms with Crippen LogP contribution in [0.3, 0.4) is 0 Å². The number of hydrogen-bond donors (Lipinski definition) is 3. The van der Waals surface area contributed by atoms with Crippen LogP contribution in [0.15, 0.2) is 18.3 Å². The number of pyridine rings is 1. The van der Waals surface area contributed by atoms with E-state index in [0.717, 1.165) is 5.69 Å². The lowest BCUT2D eigenvalue weighted by Gasteiger charge is -2.05. The second kappa shape index (κ2) is 5.18. The van der Waals surface area contributed by atoms with Crippen LogP contribution in [0.1, 0.15) is 10.5 Å². The van der Waals surface area contributed by atoms with E-state index in [4.69, 9.17) is 5.73 Å². The number of amides is 1. The summed E-state index contributed by atoms with van der Waals surface area (Å²) >= 11 is 0. The first kappa shape index (κ1) is 10.5. The van der Waals surface area contributed by atoms with Crippen molar-refractivity contribution in [2.75, 3.05) is 25.5 Å². The van der Waals surface area contributed by atoms with Crippen molar-refractivity contribution in [3.05, 3.63) is 24.0 Å². The smallest absolute Gasteiger partial charge is 0.269 e. The Bertz CT molecular complexity index is 313. The largest absolute Gasteiger partial charge is 0.384 e. The Balaban J connectivity index is 2.73. The lowest BCUT2D eigenvalue weighted by Crippen LogP contribution is -2.19. The van der Waals surface area contributed by atoms with Crippen molar-refractivity contribution in [3.63, 3.8) is 0 Å². The zero-order chi connectivity index (χ0) is 10.4. The first-order chi connectivity index (χ1) is 6.77. The Morgan fingerprint density at radius 2 is 2.43 bits per heavy atom. The highest BCUT2D eigenvalue weighted by atomic mass is 16.1. The summed E-state index contributed by atoms with van der Waals surface area (Å²) in [6.45, 7) is 1.23. The number of nitrogens with one attached hydrogen (secondary N) is 2. The zero-order valence-corrected chi connectivity index (χ0v) is 8.08. The molecule has 1 aromatic heterocycles. The number of nitrogens with two attached hydrogens (primary N) is 1. The molecule has 14 heavy (non-hydrogen) atoms. The van der Waals surface area contributed by atoms with Gasteiger partial charge >= 0.3 is 0 Å². The molecule has 1 rings (SSSR count). The van der Waals surface area contributed by atoms with Gasteiger partial charge in [-0.25, -0.2) is 0 Å². The fourth-order valence-corrected chi connectivity index (χ4v) is 1.01. The summed E-state index contributed by atoms with van der Waals surface area (Å²) in [7, 11) is 1.57. The second-order valence-corrected chi connectivity index (χ2v) is 2.72. The van der Waals surface area contributed by atoms with E-state index in [1.807, 2.05) is 0 Å². The van der Waals surface area contributed by atoms with Gasteiger partial charge in [-0.15, -0.1) is 0 Å². The molecule has 0 saturated heterocycles. The molecule has 5 nitrogen and oxygen atoms in total. The van der Waals surface area contributed by atoms with Crippen molar-refractivity contribution in [2.24, 2.45) is 5.73 Å². The minimum atomic E-state index is -0.193. The van der Waals surface area contributed by atoms with Crippen molar-refractivity contribution < 1.29 is 4.79 Å². The Hall–Kier alpha value is -1.62. The first-order valence-corrected chi connectivity index (χ1v) is 4.40. The van der Waals surface area contributed by atoms with E-state index >= 15 is 0 Å². The lowest BCUT2D eigenvalue weighted by molar-refractivity contribution is 0.0958. The molecule has 0 aliphatic carbocycles. The molecule has 0 radical (unpaired) electrons. The van der Waals surface area contributed by atoms with E-state index in [1.54, 1.807) is 25.4 Å². The number of anilines is 1. The van der Waals surface area contributed by atoms with Gasteiger partial charge in [0.25, 0.3) is 5.91 Å². The minimum absolute atomic E-state index is 0.193. The molecule has 0 atom stereocenters. The van der Waals surface area contributed by atoms with E-state index in [2.05, 4.69) is 15.6 Å². The van der Waals surface area contributed by atoms with Crippen LogP contribution in [0, 0.1) is 0 Å². The van der Waals surface area contributed by atoms with Crippen LogP contribution < -0.4 is 16.4 Å². The molecular formula is C9H14N4O. The summed E-state index contributed by atoms with van der Waals surface area (Å²) in [6.07, 6.45) is 1.59. The van der Waals surface area contributed by atoms with E-state index in [1.165, 1.54) is 0 Å². The molecule has 4 N–H and O–H groups in total. The molecule has 0 fully saturated rings. The maximum absolute atomic E-state index is 11.2. The molecule has 5 heteroatoms. The summed E-state index contributed by atoms with van der Waals surface area (Å²) < 4.78 is 0. The Labute approximate surface area is 82.7 Å². The topological polar surface area (TPSA) is 80.0 Å². The molecule has 76 valence electrons. The van der Waals surface area contributed by atoms with Crippen molar-refractivity contribution in [2.45, 2.75) is 0 Å². The third-order valence-corrected chi connectivity index (χ3v) is 1.69. The van der Waals surface area contributed by atoms with Gasteiger partial charge in [-0.05, 0) is 12.1 Å². The lowest BCUT2D eigenvalue weighted by atomic mass is 10.3. The van der Waals surface area contributed by atoms with E-state index < -0.39 is 0 Å². The van der Waals surface area contributed by atoms with Crippen LogP contribution in [-0.2, 0) is 0 Å². The van der Waals surface area contributed by atoms with Crippen molar-refractivity contribution in [1.29, 1.82) is 0 Å². The van der Waals surface area contributed by atoms with Gasteiger partial charge in [-0.2, -0.15) is 0 Å². The monoisotopic (exact) mass is 194 g/mol. The fourth-order valence-electron chi connectivity index (χ4n) is 1.01. The number of carbonyl (C=O) groups is 1. The number of hydrogen-bond acceptors (Lipinski definition) is 4. The van der Waals surface area contributed by atoms with Crippen LogP contribution in [0.2, 0.25) is 0 Å². The highest BCUT2D eigenvalue weighted by molar-refractivity contribution is 5.92. The first-order valence-electron chi connectivity index (χ1n) is 4.40. The van der Waals surface area contributed by atoms with Gasteiger partial charge in [0.15, 0.2) is 0 Å². The molecule has 0 aliphatic heterocycles. The maximum atomic E-state index is 11.2. The third kappa shape index (κ3) is 2.70. The normalized spacial score (nSPS) is 9.57. The Kier molecular flexibility index (Phi) is 3.87. The molecule has 0 bridgehead atoms. The van der Waals surface area contributed by atoms with E-state index in [0.29, 0.717) is 18.8 Å². The highest BCUT2D eigenvalue weighted by Gasteiger charge is 2.04. The molecular weight excluding hydrogens is 180 g/mol. The number of aromatic nitrogens is 1. The SMILES string of the molecule is CNC(=O)c1cc(NCCN)ccn1. The van der Waals surface area contributed by atoms with Gasteiger partial charge < -0.3 is 16.4 Å². The van der Waals surface area contributed by atoms with E-state index in [9.17, 15) is 4.79 Å². The van der Waals surface area contributed by atoms with Crippen molar-refractivity contribution in [1.82, 2.24) is 10.3 Å². The van der Waals surface area contributed by atoms with Gasteiger partial charge in [-0.3, -0.25) is 9.78 Å². The van der Waals surface area contributed by atoms with Gasteiger partial charge in [0.05, 0.1) is 0 Å². The molecule has 0 spiro atoms. The van der Waals surface area contributed by atoms with Crippen LogP contribution >= 0.6 is 0 Å². The quantitative estimate of drug-likeness (QED) is 0.620. The molecule has 1 amide bonds. The van der Waals surface area contributed by atoms with Gasteiger partial charge in [-0.1, -0.05) is 0 Å². The number of rotatable bonds is 4. The molecule has 1 aromatic rings.